The third-order valence-corrected chi connectivity index (χ3v) is 2.32. The lowest BCUT2D eigenvalue weighted by molar-refractivity contribution is 0.592. The fourth-order valence-corrected chi connectivity index (χ4v) is 1.58. The Morgan fingerprint density at radius 3 is 2.64 bits per heavy atom. The van der Waals surface area contributed by atoms with E-state index in [2.05, 4.69) is 25.8 Å². The molecule has 2 rings (SSSR count). The molecule has 0 unspecified atom stereocenters. The normalized spacial score (nSPS) is 12.2. The zero-order valence-corrected chi connectivity index (χ0v) is 8.66. The minimum Gasteiger partial charge on any atom is -0.441 e. The number of nitrogen functional groups attached to an aromatic ring is 1. The van der Waals surface area contributed by atoms with Crippen molar-refractivity contribution in [3.63, 3.8) is 0 Å². The van der Waals surface area contributed by atoms with Crippen LogP contribution in [0.25, 0.3) is 11.1 Å². The molecule has 0 bridgehead atoms. The second-order valence-electron chi connectivity index (χ2n) is 4.48. The van der Waals surface area contributed by atoms with Gasteiger partial charge in [0.1, 0.15) is 5.52 Å². The van der Waals surface area contributed by atoms with E-state index < -0.39 is 0 Å². The van der Waals surface area contributed by atoms with Gasteiger partial charge in [-0.05, 0) is 17.0 Å². The molecule has 1 heterocycles. The summed E-state index contributed by atoms with van der Waals surface area (Å²) >= 11 is 0. The van der Waals surface area contributed by atoms with Crippen molar-refractivity contribution in [1.29, 1.82) is 0 Å². The Kier molecular flexibility index (Phi) is 1.77. The first-order valence-electron chi connectivity index (χ1n) is 4.62. The van der Waals surface area contributed by atoms with Gasteiger partial charge in [0.25, 0.3) is 0 Å². The van der Waals surface area contributed by atoms with Crippen LogP contribution in [0.5, 0.6) is 0 Å². The number of nitrogens with two attached hydrogens (primary N) is 1. The molecule has 2 N–H and O–H groups in total. The van der Waals surface area contributed by atoms with Crippen molar-refractivity contribution in [2.75, 3.05) is 5.73 Å². The van der Waals surface area contributed by atoms with E-state index in [4.69, 9.17) is 10.2 Å². The molecule has 14 heavy (non-hydrogen) atoms. The molecule has 0 saturated carbocycles. The molecule has 0 saturated heterocycles. The van der Waals surface area contributed by atoms with E-state index in [0.717, 1.165) is 11.1 Å². The van der Waals surface area contributed by atoms with Gasteiger partial charge in [-0.1, -0.05) is 26.8 Å². The molecule has 0 radical (unpaired) electrons. The van der Waals surface area contributed by atoms with Crippen LogP contribution in [0.4, 0.5) is 5.69 Å². The van der Waals surface area contributed by atoms with Crippen molar-refractivity contribution in [2.45, 2.75) is 26.2 Å². The minimum atomic E-state index is 0.0584. The topological polar surface area (TPSA) is 52.0 Å². The minimum absolute atomic E-state index is 0.0584. The number of fused-ring (bicyclic) bond motifs is 1. The Hall–Kier alpha value is -1.51. The number of aromatic nitrogens is 1. The number of benzene rings is 1. The van der Waals surface area contributed by atoms with E-state index in [1.165, 1.54) is 6.39 Å². The summed E-state index contributed by atoms with van der Waals surface area (Å²) in [6.45, 7) is 6.44. The zero-order valence-electron chi connectivity index (χ0n) is 8.66. The first kappa shape index (κ1) is 9.06. The molecule has 0 fully saturated rings. The van der Waals surface area contributed by atoms with Gasteiger partial charge in [-0.2, -0.15) is 0 Å². The lowest BCUT2D eigenvalue weighted by Gasteiger charge is -2.19. The second-order valence-corrected chi connectivity index (χ2v) is 4.48. The third kappa shape index (κ3) is 1.25. The van der Waals surface area contributed by atoms with Crippen LogP contribution in [0.3, 0.4) is 0 Å². The molecule has 0 atom stereocenters. The van der Waals surface area contributed by atoms with Crippen LogP contribution in [0.2, 0.25) is 0 Å². The van der Waals surface area contributed by atoms with Crippen LogP contribution < -0.4 is 5.73 Å². The maximum absolute atomic E-state index is 5.78. The van der Waals surface area contributed by atoms with E-state index in [1.54, 1.807) is 0 Å². The van der Waals surface area contributed by atoms with Gasteiger partial charge in [-0.25, -0.2) is 4.98 Å². The molecule has 2 aromatic rings. The number of hydrogen-bond donors (Lipinski definition) is 1. The fraction of sp³-hybridized carbons (Fsp3) is 0.364. The molecule has 3 heteroatoms. The lowest BCUT2D eigenvalue weighted by atomic mass is 9.86. The van der Waals surface area contributed by atoms with E-state index in [1.807, 2.05) is 12.1 Å². The maximum Gasteiger partial charge on any atom is 0.182 e. The number of rotatable bonds is 0. The monoisotopic (exact) mass is 190 g/mol. The van der Waals surface area contributed by atoms with Crippen molar-refractivity contribution >= 4 is 16.8 Å². The summed E-state index contributed by atoms with van der Waals surface area (Å²) in [6, 6.07) is 3.88. The molecular weight excluding hydrogens is 176 g/mol. The van der Waals surface area contributed by atoms with Crippen molar-refractivity contribution in [1.82, 2.24) is 4.98 Å². The van der Waals surface area contributed by atoms with Crippen LogP contribution in [0, 0.1) is 0 Å². The van der Waals surface area contributed by atoms with Gasteiger partial charge in [0.05, 0.1) is 5.69 Å². The van der Waals surface area contributed by atoms with Crippen LogP contribution in [-0.2, 0) is 5.41 Å². The Bertz CT molecular complexity index is 466. The molecule has 74 valence electrons. The fourth-order valence-electron chi connectivity index (χ4n) is 1.58. The van der Waals surface area contributed by atoms with Gasteiger partial charge in [0.15, 0.2) is 12.0 Å². The summed E-state index contributed by atoms with van der Waals surface area (Å²) < 4.78 is 5.25. The average molecular weight is 190 g/mol. The molecule has 3 nitrogen and oxygen atoms in total. The molecule has 0 spiro atoms. The maximum atomic E-state index is 5.78. The van der Waals surface area contributed by atoms with E-state index in [0.29, 0.717) is 11.3 Å². The van der Waals surface area contributed by atoms with E-state index in [9.17, 15) is 0 Å². The molecule has 1 aromatic carbocycles. The highest BCUT2D eigenvalue weighted by atomic mass is 16.3. The summed E-state index contributed by atoms with van der Waals surface area (Å²) in [5, 5.41) is 0. The van der Waals surface area contributed by atoms with Crippen LogP contribution in [0.1, 0.15) is 26.3 Å². The Morgan fingerprint density at radius 1 is 1.29 bits per heavy atom. The smallest absolute Gasteiger partial charge is 0.182 e. The summed E-state index contributed by atoms with van der Waals surface area (Å²) in [4.78, 5) is 4.20. The van der Waals surface area contributed by atoms with Crippen molar-refractivity contribution in [3.8, 4) is 0 Å². The summed E-state index contributed by atoms with van der Waals surface area (Å²) in [6.07, 6.45) is 1.44. The van der Waals surface area contributed by atoms with Gasteiger partial charge in [-0.15, -0.1) is 0 Å². The predicted octanol–water partition coefficient (Wildman–Crippen LogP) is 2.71. The average Bonchev–Trinajstić information content (AvgIpc) is 2.50. The van der Waals surface area contributed by atoms with Crippen LogP contribution in [0.15, 0.2) is 22.9 Å². The van der Waals surface area contributed by atoms with Gasteiger partial charge in [0.2, 0.25) is 0 Å². The number of hydrogen-bond acceptors (Lipinski definition) is 3. The molecular formula is C11H14N2O. The molecule has 1 aromatic heterocycles. The molecule has 0 aliphatic carbocycles. The summed E-state index contributed by atoms with van der Waals surface area (Å²) in [5.74, 6) is 0. The summed E-state index contributed by atoms with van der Waals surface area (Å²) in [5.41, 5.74) is 9.21. The van der Waals surface area contributed by atoms with Gasteiger partial charge in [-0.3, -0.25) is 0 Å². The molecule has 0 amide bonds. The molecule has 0 aliphatic heterocycles. The first-order chi connectivity index (χ1) is 6.50. The number of anilines is 1. The number of oxazole rings is 1. The highest BCUT2D eigenvalue weighted by Gasteiger charge is 2.19. The standard InChI is InChI=1S/C11H14N2O/c1-11(2,3)7-4-5-8(12)10-9(7)13-6-14-10/h4-6H,12H2,1-3H3. The van der Waals surface area contributed by atoms with Crippen molar-refractivity contribution in [2.24, 2.45) is 0 Å². The van der Waals surface area contributed by atoms with Crippen LogP contribution in [-0.4, -0.2) is 4.98 Å². The highest BCUT2D eigenvalue weighted by molar-refractivity contribution is 5.87. The zero-order chi connectivity index (χ0) is 10.3. The second kappa shape index (κ2) is 2.74. The molecule has 0 aliphatic rings. The van der Waals surface area contributed by atoms with Crippen LogP contribution >= 0.6 is 0 Å². The Labute approximate surface area is 82.9 Å². The van der Waals surface area contributed by atoms with Gasteiger partial charge in [0, 0.05) is 0 Å². The van der Waals surface area contributed by atoms with Crippen molar-refractivity contribution in [3.05, 3.63) is 24.1 Å². The predicted molar refractivity (Wildman–Crippen MR) is 57.1 cm³/mol. The van der Waals surface area contributed by atoms with E-state index in [-0.39, 0.29) is 5.41 Å². The SMILES string of the molecule is CC(C)(C)c1ccc(N)c2ocnc12. The lowest BCUT2D eigenvalue weighted by Crippen LogP contribution is -2.11. The largest absolute Gasteiger partial charge is 0.441 e. The highest BCUT2D eigenvalue weighted by Crippen LogP contribution is 2.31. The van der Waals surface area contributed by atoms with E-state index >= 15 is 0 Å². The van der Waals surface area contributed by atoms with Gasteiger partial charge < -0.3 is 10.2 Å². The third-order valence-electron chi connectivity index (χ3n) is 2.32. The Morgan fingerprint density at radius 2 is 2.00 bits per heavy atom. The van der Waals surface area contributed by atoms with Crippen molar-refractivity contribution < 1.29 is 4.42 Å². The quantitative estimate of drug-likeness (QED) is 0.650. The van der Waals surface area contributed by atoms with Gasteiger partial charge >= 0.3 is 0 Å². The summed E-state index contributed by atoms with van der Waals surface area (Å²) in [7, 11) is 0. The Balaban J connectivity index is 2.80. The number of nitrogens with zero attached hydrogens (tertiary/aromatic N) is 1. The first-order valence-corrected chi connectivity index (χ1v) is 4.62.